The number of benzene rings is 1. The van der Waals surface area contributed by atoms with Gasteiger partial charge in [0, 0.05) is 12.6 Å². The number of nitrogens with one attached hydrogen (secondary N) is 1. The fourth-order valence-electron chi connectivity index (χ4n) is 2.31. The Morgan fingerprint density at radius 1 is 1.06 bits per heavy atom. The van der Waals surface area contributed by atoms with Crippen molar-refractivity contribution in [2.45, 2.75) is 54.1 Å². The van der Waals surface area contributed by atoms with Gasteiger partial charge in [-0.3, -0.25) is 0 Å². The third-order valence-corrected chi connectivity index (χ3v) is 4.06. The van der Waals surface area contributed by atoms with Gasteiger partial charge >= 0.3 is 0 Å². The molecule has 0 radical (unpaired) electrons. The maximum absolute atomic E-state index is 9.36. The minimum Gasteiger partial charge on any atom is -0.395 e. The molecule has 1 aromatic carbocycles. The first kappa shape index (κ1) is 15.2. The molecule has 0 amide bonds. The minimum absolute atomic E-state index is 0.171. The highest BCUT2D eigenvalue weighted by molar-refractivity contribution is 5.43. The average Bonchev–Trinajstić information content (AvgIpc) is 2.31. The van der Waals surface area contributed by atoms with E-state index < -0.39 is 0 Å². The van der Waals surface area contributed by atoms with E-state index in [1.54, 1.807) is 0 Å². The minimum atomic E-state index is 0.171. The Labute approximate surface area is 111 Å². The van der Waals surface area contributed by atoms with Crippen molar-refractivity contribution in [2.24, 2.45) is 5.92 Å². The summed E-state index contributed by atoms with van der Waals surface area (Å²) >= 11 is 0. The Morgan fingerprint density at radius 2 is 1.56 bits per heavy atom. The SMILES string of the molecule is Cc1cc(C)c(C)c(CNC(CO)C(C)C)c1C. The fraction of sp³-hybridized carbons (Fsp3) is 0.625. The summed E-state index contributed by atoms with van der Waals surface area (Å²) in [4.78, 5) is 0. The van der Waals surface area contributed by atoms with Gasteiger partial charge in [0.15, 0.2) is 0 Å². The van der Waals surface area contributed by atoms with Crippen molar-refractivity contribution in [2.75, 3.05) is 6.61 Å². The van der Waals surface area contributed by atoms with Crippen LogP contribution in [0.3, 0.4) is 0 Å². The van der Waals surface area contributed by atoms with E-state index >= 15 is 0 Å². The van der Waals surface area contributed by atoms with Gasteiger partial charge < -0.3 is 10.4 Å². The highest BCUT2D eigenvalue weighted by Gasteiger charge is 2.13. The lowest BCUT2D eigenvalue weighted by Crippen LogP contribution is -2.36. The zero-order valence-corrected chi connectivity index (χ0v) is 12.6. The Hall–Kier alpha value is -0.860. The monoisotopic (exact) mass is 249 g/mol. The summed E-state index contributed by atoms with van der Waals surface area (Å²) in [5.41, 5.74) is 6.81. The maximum Gasteiger partial charge on any atom is 0.0587 e. The summed E-state index contributed by atoms with van der Waals surface area (Å²) in [6.45, 7) is 14.0. The van der Waals surface area contributed by atoms with Gasteiger partial charge in [0.1, 0.15) is 0 Å². The first-order chi connectivity index (χ1) is 8.38. The normalized spacial score (nSPS) is 13.1. The number of aryl methyl sites for hydroxylation is 2. The third-order valence-electron chi connectivity index (χ3n) is 4.06. The molecular formula is C16H27NO. The fourth-order valence-corrected chi connectivity index (χ4v) is 2.31. The molecule has 0 aliphatic carbocycles. The number of hydrogen-bond acceptors (Lipinski definition) is 2. The van der Waals surface area contributed by atoms with Crippen LogP contribution in [0.2, 0.25) is 0 Å². The van der Waals surface area contributed by atoms with Gasteiger partial charge in [0.05, 0.1) is 6.61 Å². The van der Waals surface area contributed by atoms with E-state index in [1.165, 1.54) is 27.8 Å². The molecule has 1 rings (SSSR count). The molecule has 1 unspecified atom stereocenters. The molecule has 1 atom stereocenters. The molecule has 2 N–H and O–H groups in total. The number of rotatable bonds is 5. The lowest BCUT2D eigenvalue weighted by Gasteiger charge is -2.22. The van der Waals surface area contributed by atoms with Crippen molar-refractivity contribution in [1.29, 1.82) is 0 Å². The summed E-state index contributed by atoms with van der Waals surface area (Å²) in [5.74, 6) is 0.446. The largest absolute Gasteiger partial charge is 0.395 e. The average molecular weight is 249 g/mol. The molecule has 0 saturated heterocycles. The van der Waals surface area contributed by atoms with Crippen LogP contribution in [0.1, 0.15) is 41.7 Å². The number of aliphatic hydroxyl groups excluding tert-OH is 1. The van der Waals surface area contributed by atoms with Crippen LogP contribution in [-0.4, -0.2) is 17.8 Å². The van der Waals surface area contributed by atoms with Crippen LogP contribution < -0.4 is 5.32 Å². The van der Waals surface area contributed by atoms with E-state index in [0.29, 0.717) is 5.92 Å². The molecule has 0 spiro atoms. The topological polar surface area (TPSA) is 32.3 Å². The van der Waals surface area contributed by atoms with E-state index in [2.05, 4.69) is 52.9 Å². The molecule has 0 heterocycles. The van der Waals surface area contributed by atoms with E-state index in [9.17, 15) is 5.11 Å². The maximum atomic E-state index is 9.36. The molecule has 2 heteroatoms. The predicted molar refractivity (Wildman–Crippen MR) is 77.9 cm³/mol. The zero-order valence-electron chi connectivity index (χ0n) is 12.6. The van der Waals surface area contributed by atoms with Crippen molar-refractivity contribution in [1.82, 2.24) is 5.32 Å². The second-order valence-corrected chi connectivity index (χ2v) is 5.65. The van der Waals surface area contributed by atoms with Gasteiger partial charge in [0.25, 0.3) is 0 Å². The Bertz CT molecular complexity index is 384. The van der Waals surface area contributed by atoms with Crippen LogP contribution in [0.15, 0.2) is 6.07 Å². The molecule has 0 bridgehead atoms. The lowest BCUT2D eigenvalue weighted by molar-refractivity contribution is 0.210. The molecule has 0 aromatic heterocycles. The highest BCUT2D eigenvalue weighted by Crippen LogP contribution is 2.21. The Balaban J connectivity index is 2.91. The smallest absolute Gasteiger partial charge is 0.0587 e. The van der Waals surface area contributed by atoms with Crippen molar-refractivity contribution < 1.29 is 5.11 Å². The van der Waals surface area contributed by atoms with E-state index in [0.717, 1.165) is 6.54 Å². The predicted octanol–water partition coefficient (Wildman–Crippen LogP) is 3.03. The van der Waals surface area contributed by atoms with Gasteiger partial charge in [-0.05, 0) is 61.4 Å². The van der Waals surface area contributed by atoms with Crippen molar-refractivity contribution in [3.63, 3.8) is 0 Å². The molecule has 0 aliphatic heterocycles. The van der Waals surface area contributed by atoms with E-state index in [4.69, 9.17) is 0 Å². The van der Waals surface area contributed by atoms with Crippen LogP contribution in [-0.2, 0) is 6.54 Å². The van der Waals surface area contributed by atoms with Crippen molar-refractivity contribution in [3.8, 4) is 0 Å². The first-order valence-corrected chi connectivity index (χ1v) is 6.79. The lowest BCUT2D eigenvalue weighted by atomic mass is 9.93. The number of hydrogen-bond donors (Lipinski definition) is 2. The van der Waals surface area contributed by atoms with Gasteiger partial charge in [0.2, 0.25) is 0 Å². The van der Waals surface area contributed by atoms with Crippen LogP contribution >= 0.6 is 0 Å². The van der Waals surface area contributed by atoms with Gasteiger partial charge in [-0.1, -0.05) is 19.9 Å². The van der Waals surface area contributed by atoms with Crippen molar-refractivity contribution in [3.05, 3.63) is 33.9 Å². The molecule has 0 saturated carbocycles. The molecule has 1 aromatic rings. The molecule has 18 heavy (non-hydrogen) atoms. The second kappa shape index (κ2) is 6.35. The van der Waals surface area contributed by atoms with Crippen LogP contribution in [0, 0.1) is 33.6 Å². The summed E-state index contributed by atoms with van der Waals surface area (Å²) in [6, 6.07) is 2.42. The van der Waals surface area contributed by atoms with Gasteiger partial charge in [-0.15, -0.1) is 0 Å². The van der Waals surface area contributed by atoms with Crippen LogP contribution in [0.4, 0.5) is 0 Å². The summed E-state index contributed by atoms with van der Waals surface area (Å²) in [7, 11) is 0. The molecule has 0 fully saturated rings. The van der Waals surface area contributed by atoms with E-state index in [-0.39, 0.29) is 12.6 Å². The third kappa shape index (κ3) is 3.33. The molecule has 0 aliphatic rings. The highest BCUT2D eigenvalue weighted by atomic mass is 16.3. The summed E-state index contributed by atoms with van der Waals surface area (Å²) < 4.78 is 0. The Kier molecular flexibility index (Phi) is 5.36. The van der Waals surface area contributed by atoms with Crippen LogP contribution in [0.25, 0.3) is 0 Å². The Morgan fingerprint density at radius 3 is 1.94 bits per heavy atom. The zero-order chi connectivity index (χ0) is 13.9. The second-order valence-electron chi connectivity index (χ2n) is 5.65. The molecule has 102 valence electrons. The molecular weight excluding hydrogens is 222 g/mol. The van der Waals surface area contributed by atoms with Gasteiger partial charge in [-0.25, -0.2) is 0 Å². The van der Waals surface area contributed by atoms with Gasteiger partial charge in [-0.2, -0.15) is 0 Å². The quantitative estimate of drug-likeness (QED) is 0.840. The summed E-state index contributed by atoms with van der Waals surface area (Å²) in [5, 5.41) is 12.8. The van der Waals surface area contributed by atoms with Crippen molar-refractivity contribution >= 4 is 0 Å². The van der Waals surface area contributed by atoms with Crippen LogP contribution in [0.5, 0.6) is 0 Å². The first-order valence-electron chi connectivity index (χ1n) is 6.79. The summed E-state index contributed by atoms with van der Waals surface area (Å²) in [6.07, 6.45) is 0. The standard InChI is InChI=1S/C16H27NO/c1-10(2)16(9-18)17-8-15-13(5)11(3)7-12(4)14(15)6/h7,10,16-18H,8-9H2,1-6H3. The molecule has 2 nitrogen and oxygen atoms in total. The van der Waals surface area contributed by atoms with E-state index in [1.807, 2.05) is 0 Å². The number of aliphatic hydroxyl groups is 1.